The Kier molecular flexibility index (Phi) is 3.20. The molecule has 1 aliphatic rings. The summed E-state index contributed by atoms with van der Waals surface area (Å²) in [4.78, 5) is 14.2. The van der Waals surface area contributed by atoms with Crippen molar-refractivity contribution in [1.82, 2.24) is 5.32 Å². The molecule has 1 aromatic carbocycles. The highest BCUT2D eigenvalue weighted by molar-refractivity contribution is 5.99. The number of rotatable bonds is 4. The van der Waals surface area contributed by atoms with Crippen molar-refractivity contribution < 1.29 is 4.79 Å². The molecule has 0 spiro atoms. The van der Waals surface area contributed by atoms with Crippen LogP contribution in [0.5, 0.6) is 0 Å². The molecule has 3 nitrogen and oxygen atoms in total. The van der Waals surface area contributed by atoms with Gasteiger partial charge in [-0.1, -0.05) is 12.1 Å². The Morgan fingerprint density at radius 2 is 2.18 bits per heavy atom. The Labute approximate surface area is 103 Å². The third-order valence-electron chi connectivity index (χ3n) is 3.52. The minimum absolute atomic E-state index is 0.146. The maximum absolute atomic E-state index is 12.4. The monoisotopic (exact) mass is 232 g/mol. The van der Waals surface area contributed by atoms with E-state index in [1.165, 1.54) is 5.56 Å². The van der Waals surface area contributed by atoms with Crippen molar-refractivity contribution in [3.63, 3.8) is 0 Å². The molecule has 0 heterocycles. The van der Waals surface area contributed by atoms with Gasteiger partial charge in [0.05, 0.1) is 5.41 Å². The number of amides is 1. The fourth-order valence-corrected chi connectivity index (χ4v) is 2.27. The summed E-state index contributed by atoms with van der Waals surface area (Å²) in [5.41, 5.74) is 2.02. The van der Waals surface area contributed by atoms with E-state index < -0.39 is 0 Å². The first-order chi connectivity index (χ1) is 8.09. The first-order valence-corrected chi connectivity index (χ1v) is 6.08. The number of hydrogen-bond donors (Lipinski definition) is 1. The molecule has 0 atom stereocenters. The van der Waals surface area contributed by atoms with Crippen molar-refractivity contribution in [2.24, 2.45) is 5.41 Å². The Bertz CT molecular complexity index is 424. The van der Waals surface area contributed by atoms with Crippen LogP contribution in [0.1, 0.15) is 18.4 Å². The van der Waals surface area contributed by atoms with E-state index in [1.54, 1.807) is 4.90 Å². The molecule has 2 rings (SSSR count). The molecule has 0 radical (unpaired) electrons. The van der Waals surface area contributed by atoms with E-state index in [0.29, 0.717) is 0 Å². The Morgan fingerprint density at radius 1 is 1.47 bits per heavy atom. The van der Waals surface area contributed by atoms with Crippen molar-refractivity contribution in [3.05, 3.63) is 29.8 Å². The molecule has 0 saturated heterocycles. The Morgan fingerprint density at radius 3 is 2.71 bits per heavy atom. The molecule has 1 saturated carbocycles. The largest absolute Gasteiger partial charge is 0.319 e. The Hall–Kier alpha value is -1.35. The number of nitrogens with zero attached hydrogens (tertiary/aromatic N) is 1. The molecule has 1 amide bonds. The zero-order chi connectivity index (χ0) is 12.5. The summed E-state index contributed by atoms with van der Waals surface area (Å²) in [6.07, 6.45) is 2.01. The van der Waals surface area contributed by atoms with Gasteiger partial charge in [-0.15, -0.1) is 0 Å². The topological polar surface area (TPSA) is 32.3 Å². The summed E-state index contributed by atoms with van der Waals surface area (Å²) in [6, 6.07) is 8.07. The number of carbonyl (C=O) groups is 1. The van der Waals surface area contributed by atoms with Crippen LogP contribution in [0.15, 0.2) is 24.3 Å². The third kappa shape index (κ3) is 2.34. The summed E-state index contributed by atoms with van der Waals surface area (Å²) in [5.74, 6) is 0.234. The van der Waals surface area contributed by atoms with Crippen molar-refractivity contribution in [2.45, 2.75) is 19.8 Å². The maximum Gasteiger partial charge on any atom is 0.234 e. The number of carbonyl (C=O) groups excluding carboxylic acids is 1. The second-order valence-electron chi connectivity index (χ2n) is 5.01. The van der Waals surface area contributed by atoms with Crippen LogP contribution in [0.3, 0.4) is 0 Å². The Balaban J connectivity index is 2.15. The van der Waals surface area contributed by atoms with Gasteiger partial charge in [-0.3, -0.25) is 4.79 Å². The molecule has 3 heteroatoms. The predicted octanol–water partition coefficient (Wildman–Crippen LogP) is 1.96. The molecule has 0 unspecified atom stereocenters. The molecule has 1 aromatic rings. The molecule has 92 valence electrons. The minimum Gasteiger partial charge on any atom is -0.319 e. The fraction of sp³-hybridized carbons (Fsp3) is 0.500. The van der Waals surface area contributed by atoms with E-state index in [0.717, 1.165) is 25.1 Å². The summed E-state index contributed by atoms with van der Waals surface area (Å²) < 4.78 is 0. The second kappa shape index (κ2) is 4.49. The van der Waals surface area contributed by atoms with Crippen LogP contribution in [-0.2, 0) is 4.79 Å². The van der Waals surface area contributed by atoms with Crippen molar-refractivity contribution in [1.29, 1.82) is 0 Å². The van der Waals surface area contributed by atoms with Gasteiger partial charge in [-0.25, -0.2) is 0 Å². The van der Waals surface area contributed by atoms with Gasteiger partial charge in [0.25, 0.3) is 0 Å². The lowest BCUT2D eigenvalue weighted by Crippen LogP contribution is -2.39. The molecule has 17 heavy (non-hydrogen) atoms. The van der Waals surface area contributed by atoms with E-state index >= 15 is 0 Å². The maximum atomic E-state index is 12.4. The quantitative estimate of drug-likeness (QED) is 0.860. The number of hydrogen-bond acceptors (Lipinski definition) is 2. The first-order valence-electron chi connectivity index (χ1n) is 6.08. The van der Waals surface area contributed by atoms with Crippen LogP contribution in [0, 0.1) is 12.3 Å². The number of nitrogens with one attached hydrogen (secondary N) is 1. The molecule has 1 N–H and O–H groups in total. The lowest BCUT2D eigenvalue weighted by Gasteiger charge is -2.23. The SMILES string of the molecule is CNCC1(C(=O)N(C)c2cccc(C)c2)CC1. The highest BCUT2D eigenvalue weighted by Crippen LogP contribution is 2.46. The smallest absolute Gasteiger partial charge is 0.234 e. The molecule has 1 aliphatic carbocycles. The van der Waals surface area contributed by atoms with Crippen LogP contribution in [-0.4, -0.2) is 26.5 Å². The standard InChI is InChI=1S/C14H20N2O/c1-11-5-4-6-12(9-11)16(3)13(17)14(7-8-14)10-15-2/h4-6,9,15H,7-8,10H2,1-3H3. The average Bonchev–Trinajstić information content (AvgIpc) is 3.09. The summed E-state index contributed by atoms with van der Waals surface area (Å²) >= 11 is 0. The zero-order valence-electron chi connectivity index (χ0n) is 10.8. The van der Waals surface area contributed by atoms with Gasteiger partial charge < -0.3 is 10.2 Å². The number of aryl methyl sites for hydroxylation is 1. The minimum atomic E-state index is -0.146. The van der Waals surface area contributed by atoms with Crippen molar-refractivity contribution in [3.8, 4) is 0 Å². The normalized spacial score (nSPS) is 16.6. The summed E-state index contributed by atoms with van der Waals surface area (Å²) in [7, 11) is 3.77. The van der Waals surface area contributed by atoms with Crippen LogP contribution in [0.2, 0.25) is 0 Å². The van der Waals surface area contributed by atoms with Gasteiger partial charge in [0.1, 0.15) is 0 Å². The van der Waals surface area contributed by atoms with Gasteiger partial charge in [0.15, 0.2) is 0 Å². The molecule has 1 fully saturated rings. The molecular weight excluding hydrogens is 212 g/mol. The van der Waals surface area contributed by atoms with Crippen molar-refractivity contribution >= 4 is 11.6 Å². The van der Waals surface area contributed by atoms with E-state index in [2.05, 4.69) is 5.32 Å². The highest BCUT2D eigenvalue weighted by Gasteiger charge is 2.50. The van der Waals surface area contributed by atoms with E-state index in [4.69, 9.17) is 0 Å². The number of anilines is 1. The van der Waals surface area contributed by atoms with Gasteiger partial charge in [0, 0.05) is 19.3 Å². The fourth-order valence-electron chi connectivity index (χ4n) is 2.27. The predicted molar refractivity (Wildman–Crippen MR) is 70.2 cm³/mol. The molecule has 0 aromatic heterocycles. The van der Waals surface area contributed by atoms with Gasteiger partial charge in [0.2, 0.25) is 5.91 Å². The second-order valence-corrected chi connectivity index (χ2v) is 5.01. The average molecular weight is 232 g/mol. The summed E-state index contributed by atoms with van der Waals surface area (Å²) in [5, 5.41) is 3.12. The van der Waals surface area contributed by atoms with Crippen LogP contribution >= 0.6 is 0 Å². The van der Waals surface area contributed by atoms with Crippen molar-refractivity contribution in [2.75, 3.05) is 25.5 Å². The lowest BCUT2D eigenvalue weighted by atomic mass is 10.1. The summed E-state index contributed by atoms with van der Waals surface area (Å²) in [6.45, 7) is 2.82. The third-order valence-corrected chi connectivity index (χ3v) is 3.52. The van der Waals surface area contributed by atoms with Crippen LogP contribution in [0.4, 0.5) is 5.69 Å². The molecular formula is C14H20N2O. The van der Waals surface area contributed by atoms with E-state index in [-0.39, 0.29) is 11.3 Å². The van der Waals surface area contributed by atoms with Gasteiger partial charge >= 0.3 is 0 Å². The van der Waals surface area contributed by atoms with E-state index in [1.807, 2.05) is 45.3 Å². The first kappa shape index (κ1) is 12.1. The van der Waals surface area contributed by atoms with E-state index in [9.17, 15) is 4.79 Å². The van der Waals surface area contributed by atoms with Gasteiger partial charge in [-0.05, 0) is 44.5 Å². The van der Waals surface area contributed by atoms with Gasteiger partial charge in [-0.2, -0.15) is 0 Å². The van der Waals surface area contributed by atoms with Crippen LogP contribution in [0.25, 0.3) is 0 Å². The molecule has 0 aliphatic heterocycles. The molecule has 0 bridgehead atoms. The lowest BCUT2D eigenvalue weighted by molar-refractivity contribution is -0.123. The zero-order valence-corrected chi connectivity index (χ0v) is 10.8. The van der Waals surface area contributed by atoms with Crippen LogP contribution < -0.4 is 10.2 Å². The number of benzene rings is 1. The highest BCUT2D eigenvalue weighted by atomic mass is 16.2.